The Morgan fingerprint density at radius 2 is 1.73 bits per heavy atom. The smallest absolute Gasteiger partial charge is 0.207 e. The number of pyridine rings is 1. The van der Waals surface area contributed by atoms with Crippen LogP contribution >= 0.6 is 0 Å². The van der Waals surface area contributed by atoms with Gasteiger partial charge in [0, 0.05) is 30.4 Å². The molecule has 2 aromatic carbocycles. The molecule has 0 aliphatic heterocycles. The van der Waals surface area contributed by atoms with Crippen molar-refractivity contribution in [3.8, 4) is 23.0 Å². The highest BCUT2D eigenvalue weighted by atomic mass is 19.1. The van der Waals surface area contributed by atoms with Crippen LogP contribution in [0.4, 0.5) is 10.2 Å². The molecule has 1 aromatic heterocycles. The molecule has 0 fully saturated rings. The van der Waals surface area contributed by atoms with E-state index in [1.165, 1.54) is 12.3 Å². The molecule has 0 saturated heterocycles. The molecule has 0 spiro atoms. The summed E-state index contributed by atoms with van der Waals surface area (Å²) in [5.74, 6) is 1.55. The molecule has 3 aromatic rings. The van der Waals surface area contributed by atoms with E-state index in [4.69, 9.17) is 14.2 Å². The Balaban J connectivity index is 1.76. The number of nitrogens with zero attached hydrogens (tertiary/aromatic N) is 1. The standard InChI is InChI=1S/C20H19FN2O3/c1-24-16-9-8-14(18(12-16)25-2)13-23-20-19(21)17(10-11-22-20)26-15-6-4-3-5-7-15/h3-12H,13H2,1-2H3,(H,22,23). The lowest BCUT2D eigenvalue weighted by Crippen LogP contribution is -2.06. The number of para-hydroxylation sites is 1. The van der Waals surface area contributed by atoms with Gasteiger partial charge in [0.2, 0.25) is 5.82 Å². The molecular formula is C20H19FN2O3. The zero-order valence-electron chi connectivity index (χ0n) is 14.5. The van der Waals surface area contributed by atoms with E-state index in [-0.39, 0.29) is 11.6 Å². The van der Waals surface area contributed by atoms with Gasteiger partial charge in [0.05, 0.1) is 14.2 Å². The lowest BCUT2D eigenvalue weighted by atomic mass is 10.2. The first-order chi connectivity index (χ1) is 12.7. The minimum absolute atomic E-state index is 0.107. The van der Waals surface area contributed by atoms with E-state index in [1.807, 2.05) is 30.3 Å². The molecule has 0 aliphatic carbocycles. The topological polar surface area (TPSA) is 52.6 Å². The third kappa shape index (κ3) is 4.03. The summed E-state index contributed by atoms with van der Waals surface area (Å²) in [4.78, 5) is 4.05. The Bertz CT molecular complexity index is 872. The molecule has 0 radical (unpaired) electrons. The SMILES string of the molecule is COc1ccc(CNc2nccc(Oc3ccccc3)c2F)c(OC)c1. The second-order valence-corrected chi connectivity index (χ2v) is 5.42. The second kappa shape index (κ2) is 8.20. The lowest BCUT2D eigenvalue weighted by Gasteiger charge is -2.13. The number of ether oxygens (including phenoxy) is 3. The van der Waals surface area contributed by atoms with Gasteiger partial charge in [-0.25, -0.2) is 4.98 Å². The molecule has 3 rings (SSSR count). The van der Waals surface area contributed by atoms with Crippen LogP contribution < -0.4 is 19.5 Å². The van der Waals surface area contributed by atoms with Crippen LogP contribution in [0.3, 0.4) is 0 Å². The van der Waals surface area contributed by atoms with Crippen LogP contribution in [0.2, 0.25) is 0 Å². The Hall–Kier alpha value is -3.28. The number of anilines is 1. The molecular weight excluding hydrogens is 335 g/mol. The maximum atomic E-state index is 14.7. The van der Waals surface area contributed by atoms with Gasteiger partial charge in [-0.05, 0) is 24.3 Å². The molecule has 0 bridgehead atoms. The number of hydrogen-bond acceptors (Lipinski definition) is 5. The minimum atomic E-state index is -0.552. The van der Waals surface area contributed by atoms with Gasteiger partial charge in [-0.3, -0.25) is 0 Å². The average Bonchev–Trinajstić information content (AvgIpc) is 2.69. The molecule has 0 unspecified atom stereocenters. The lowest BCUT2D eigenvalue weighted by molar-refractivity contribution is 0.391. The van der Waals surface area contributed by atoms with Gasteiger partial charge >= 0.3 is 0 Å². The monoisotopic (exact) mass is 354 g/mol. The van der Waals surface area contributed by atoms with Gasteiger partial charge in [-0.15, -0.1) is 0 Å². The zero-order valence-corrected chi connectivity index (χ0v) is 14.5. The van der Waals surface area contributed by atoms with Crippen molar-refractivity contribution in [1.82, 2.24) is 4.98 Å². The molecule has 6 heteroatoms. The molecule has 0 amide bonds. The van der Waals surface area contributed by atoms with Gasteiger partial charge < -0.3 is 19.5 Å². The highest BCUT2D eigenvalue weighted by Crippen LogP contribution is 2.29. The number of methoxy groups -OCH3 is 2. The maximum absolute atomic E-state index is 14.7. The van der Waals surface area contributed by atoms with Crippen LogP contribution in [0.5, 0.6) is 23.0 Å². The molecule has 5 nitrogen and oxygen atoms in total. The number of hydrogen-bond donors (Lipinski definition) is 1. The fraction of sp³-hybridized carbons (Fsp3) is 0.150. The van der Waals surface area contributed by atoms with Crippen molar-refractivity contribution in [2.75, 3.05) is 19.5 Å². The fourth-order valence-corrected chi connectivity index (χ4v) is 2.42. The Morgan fingerprint density at radius 1 is 0.923 bits per heavy atom. The van der Waals surface area contributed by atoms with Crippen molar-refractivity contribution < 1.29 is 18.6 Å². The highest BCUT2D eigenvalue weighted by molar-refractivity contribution is 5.47. The highest BCUT2D eigenvalue weighted by Gasteiger charge is 2.13. The van der Waals surface area contributed by atoms with Crippen LogP contribution in [0, 0.1) is 5.82 Å². The molecule has 0 aliphatic rings. The van der Waals surface area contributed by atoms with Crippen molar-refractivity contribution in [2.24, 2.45) is 0 Å². The van der Waals surface area contributed by atoms with E-state index >= 15 is 0 Å². The van der Waals surface area contributed by atoms with Crippen molar-refractivity contribution in [1.29, 1.82) is 0 Å². The van der Waals surface area contributed by atoms with Crippen LogP contribution in [0.25, 0.3) is 0 Å². The minimum Gasteiger partial charge on any atom is -0.497 e. The van der Waals surface area contributed by atoms with E-state index in [0.29, 0.717) is 23.8 Å². The second-order valence-electron chi connectivity index (χ2n) is 5.42. The van der Waals surface area contributed by atoms with E-state index in [0.717, 1.165) is 5.56 Å². The Morgan fingerprint density at radius 3 is 2.46 bits per heavy atom. The maximum Gasteiger partial charge on any atom is 0.207 e. The van der Waals surface area contributed by atoms with E-state index in [2.05, 4.69) is 10.3 Å². The summed E-state index contributed by atoms with van der Waals surface area (Å²) < 4.78 is 30.8. The third-order valence-electron chi connectivity index (χ3n) is 3.77. The molecule has 0 atom stereocenters. The van der Waals surface area contributed by atoms with E-state index < -0.39 is 5.82 Å². The quantitative estimate of drug-likeness (QED) is 0.670. The summed E-state index contributed by atoms with van der Waals surface area (Å²) >= 11 is 0. The first-order valence-corrected chi connectivity index (χ1v) is 8.03. The molecule has 0 saturated carbocycles. The summed E-state index contributed by atoms with van der Waals surface area (Å²) in [7, 11) is 3.16. The third-order valence-corrected chi connectivity index (χ3v) is 3.77. The zero-order chi connectivity index (χ0) is 18.4. The van der Waals surface area contributed by atoms with Gasteiger partial charge in [0.25, 0.3) is 0 Å². The summed E-state index contributed by atoms with van der Waals surface area (Å²) in [5.41, 5.74) is 0.851. The summed E-state index contributed by atoms with van der Waals surface area (Å²) in [5, 5.41) is 2.98. The number of halogens is 1. The predicted molar refractivity (Wildman–Crippen MR) is 97.6 cm³/mol. The fourth-order valence-electron chi connectivity index (χ4n) is 2.42. The average molecular weight is 354 g/mol. The molecule has 1 heterocycles. The number of aromatic nitrogens is 1. The normalized spacial score (nSPS) is 10.3. The van der Waals surface area contributed by atoms with E-state index in [9.17, 15) is 4.39 Å². The van der Waals surface area contributed by atoms with Crippen LogP contribution in [-0.4, -0.2) is 19.2 Å². The van der Waals surface area contributed by atoms with Crippen molar-refractivity contribution in [2.45, 2.75) is 6.54 Å². The molecule has 134 valence electrons. The number of benzene rings is 2. The summed E-state index contributed by atoms with van der Waals surface area (Å²) in [6.07, 6.45) is 1.49. The van der Waals surface area contributed by atoms with E-state index in [1.54, 1.807) is 32.4 Å². The van der Waals surface area contributed by atoms with Crippen molar-refractivity contribution in [3.05, 3.63) is 72.2 Å². The Labute approximate surface area is 151 Å². The van der Waals surface area contributed by atoms with Crippen LogP contribution in [0.1, 0.15) is 5.56 Å². The Kier molecular flexibility index (Phi) is 5.53. The van der Waals surface area contributed by atoms with Gasteiger partial charge in [0.1, 0.15) is 17.2 Å². The number of nitrogens with one attached hydrogen (secondary N) is 1. The largest absolute Gasteiger partial charge is 0.497 e. The molecule has 1 N–H and O–H groups in total. The predicted octanol–water partition coefficient (Wildman–Crippen LogP) is 4.64. The van der Waals surface area contributed by atoms with Crippen molar-refractivity contribution in [3.63, 3.8) is 0 Å². The van der Waals surface area contributed by atoms with Gasteiger partial charge in [0.15, 0.2) is 11.6 Å². The summed E-state index contributed by atoms with van der Waals surface area (Å²) in [6, 6.07) is 16.0. The first kappa shape index (κ1) is 17.5. The molecule has 26 heavy (non-hydrogen) atoms. The first-order valence-electron chi connectivity index (χ1n) is 8.03. The van der Waals surface area contributed by atoms with Crippen molar-refractivity contribution >= 4 is 5.82 Å². The van der Waals surface area contributed by atoms with Gasteiger partial charge in [-0.2, -0.15) is 4.39 Å². The van der Waals surface area contributed by atoms with Crippen LogP contribution in [0.15, 0.2) is 60.8 Å². The summed E-state index contributed by atoms with van der Waals surface area (Å²) in [6.45, 7) is 0.339. The van der Waals surface area contributed by atoms with Gasteiger partial charge in [-0.1, -0.05) is 18.2 Å². The number of rotatable bonds is 7. The van der Waals surface area contributed by atoms with Crippen LogP contribution in [-0.2, 0) is 6.54 Å².